The van der Waals surface area contributed by atoms with Gasteiger partial charge >= 0.3 is 0 Å². The molecule has 0 unspecified atom stereocenters. The van der Waals surface area contributed by atoms with Crippen LogP contribution in [0, 0.1) is 23.6 Å². The number of carbonyl (C=O) groups is 3. The lowest BCUT2D eigenvalue weighted by Gasteiger charge is -2.31. The number of rotatable bonds is 4. The highest BCUT2D eigenvalue weighted by atomic mass is 19.1. The number of halogens is 1. The van der Waals surface area contributed by atoms with Crippen LogP contribution >= 0.6 is 0 Å². The Bertz CT molecular complexity index is 870. The topological polar surface area (TPSA) is 78.5 Å². The lowest BCUT2D eigenvalue weighted by atomic mass is 9.76. The van der Waals surface area contributed by atoms with Gasteiger partial charge in [0.25, 0.3) is 0 Å². The number of anilines is 1. The zero-order chi connectivity index (χ0) is 20.4. The highest BCUT2D eigenvalue weighted by molar-refractivity contribution is 6.15. The van der Waals surface area contributed by atoms with E-state index < -0.39 is 23.2 Å². The van der Waals surface area contributed by atoms with Gasteiger partial charge in [-0.05, 0) is 43.9 Å². The van der Waals surface area contributed by atoms with Crippen molar-refractivity contribution in [1.82, 2.24) is 10.2 Å². The lowest BCUT2D eigenvalue weighted by molar-refractivity contribution is -0.145. The zero-order valence-corrected chi connectivity index (χ0v) is 16.6. The van der Waals surface area contributed by atoms with Crippen LogP contribution in [0.2, 0.25) is 0 Å². The maximum absolute atomic E-state index is 14.1. The van der Waals surface area contributed by atoms with Gasteiger partial charge in [-0.25, -0.2) is 4.39 Å². The van der Waals surface area contributed by atoms with Gasteiger partial charge in [0.1, 0.15) is 11.4 Å². The number of amides is 3. The molecule has 4 rings (SSSR count). The van der Waals surface area contributed by atoms with Crippen molar-refractivity contribution in [2.24, 2.45) is 17.8 Å². The highest BCUT2D eigenvalue weighted by Gasteiger charge is 2.70. The summed E-state index contributed by atoms with van der Waals surface area (Å²) in [5.41, 5.74) is -0.493. The molecule has 3 aliphatic rings. The van der Waals surface area contributed by atoms with Gasteiger partial charge in [0, 0.05) is 23.3 Å². The second kappa shape index (κ2) is 6.37. The molecule has 28 heavy (non-hydrogen) atoms. The van der Waals surface area contributed by atoms with Gasteiger partial charge in [0.15, 0.2) is 0 Å². The SMILES string of the molecule is CC[C@@H](C)N1C(=O)[C@H]2[C@@H](C1=O)[C@@]1(N[C@@H]2CC(C)C)C(=O)Nc2ccc(F)cc21. The monoisotopic (exact) mass is 387 g/mol. The van der Waals surface area contributed by atoms with Gasteiger partial charge in [-0.1, -0.05) is 20.8 Å². The summed E-state index contributed by atoms with van der Waals surface area (Å²) in [4.78, 5) is 41.2. The number of fused-ring (bicyclic) bond motifs is 4. The summed E-state index contributed by atoms with van der Waals surface area (Å²) < 4.78 is 14.1. The second-order valence-corrected chi connectivity index (χ2v) is 8.64. The Morgan fingerprint density at radius 3 is 2.54 bits per heavy atom. The molecule has 7 heteroatoms. The molecule has 5 atom stereocenters. The summed E-state index contributed by atoms with van der Waals surface area (Å²) in [6, 6.07) is 3.54. The summed E-state index contributed by atoms with van der Waals surface area (Å²) in [6.45, 7) is 7.85. The summed E-state index contributed by atoms with van der Waals surface area (Å²) in [5, 5.41) is 6.11. The van der Waals surface area contributed by atoms with Crippen LogP contribution < -0.4 is 10.6 Å². The first-order chi connectivity index (χ1) is 13.2. The Morgan fingerprint density at radius 1 is 1.18 bits per heavy atom. The van der Waals surface area contributed by atoms with Crippen molar-refractivity contribution < 1.29 is 18.8 Å². The van der Waals surface area contributed by atoms with Crippen molar-refractivity contribution in [1.29, 1.82) is 0 Å². The molecule has 3 heterocycles. The first-order valence-electron chi connectivity index (χ1n) is 9.98. The van der Waals surface area contributed by atoms with Crippen LogP contribution in [0.1, 0.15) is 46.1 Å². The van der Waals surface area contributed by atoms with Gasteiger partial charge < -0.3 is 5.32 Å². The minimum absolute atomic E-state index is 0.225. The quantitative estimate of drug-likeness (QED) is 0.778. The molecule has 0 bridgehead atoms. The maximum atomic E-state index is 14.1. The number of hydrogen-bond donors (Lipinski definition) is 2. The van der Waals surface area contributed by atoms with E-state index in [4.69, 9.17) is 0 Å². The Kier molecular flexibility index (Phi) is 4.34. The number of likely N-dealkylation sites (tertiary alicyclic amines) is 1. The van der Waals surface area contributed by atoms with Crippen molar-refractivity contribution in [2.75, 3.05) is 5.32 Å². The number of hydrogen-bond acceptors (Lipinski definition) is 4. The molecular formula is C21H26FN3O3. The molecule has 1 aromatic rings. The van der Waals surface area contributed by atoms with Crippen molar-refractivity contribution in [3.05, 3.63) is 29.6 Å². The fourth-order valence-electron chi connectivity index (χ4n) is 5.12. The van der Waals surface area contributed by atoms with E-state index in [2.05, 4.69) is 10.6 Å². The molecule has 150 valence electrons. The van der Waals surface area contributed by atoms with Crippen molar-refractivity contribution in [3.8, 4) is 0 Å². The van der Waals surface area contributed by atoms with Crippen LogP contribution in [-0.4, -0.2) is 34.7 Å². The summed E-state index contributed by atoms with van der Waals surface area (Å²) in [7, 11) is 0. The Balaban J connectivity index is 1.89. The number of carbonyl (C=O) groups excluding carboxylic acids is 3. The van der Waals surface area contributed by atoms with Crippen LogP contribution in [0.15, 0.2) is 18.2 Å². The third-order valence-electron chi connectivity index (χ3n) is 6.47. The summed E-state index contributed by atoms with van der Waals surface area (Å²) in [5.74, 6) is -2.64. The van der Waals surface area contributed by atoms with Crippen molar-refractivity contribution in [3.63, 3.8) is 0 Å². The standard InChI is InChI=1S/C21H26FN3O3/c1-5-11(4)25-18(26)16-15(8-10(2)3)24-21(17(16)19(25)27)13-9-12(22)6-7-14(13)23-20(21)28/h6-7,9-11,15-17,24H,5,8H2,1-4H3,(H,23,28)/t11-,15-,16-,17+,21-/m1/s1. The van der Waals surface area contributed by atoms with Gasteiger partial charge in [0.05, 0.1) is 11.8 Å². The molecule has 1 aromatic carbocycles. The van der Waals surface area contributed by atoms with E-state index in [0.717, 1.165) is 0 Å². The fraction of sp³-hybridized carbons (Fsp3) is 0.571. The Labute approximate surface area is 163 Å². The molecule has 2 fully saturated rings. The van der Waals surface area contributed by atoms with Crippen molar-refractivity contribution in [2.45, 2.75) is 58.2 Å². The first-order valence-corrected chi connectivity index (χ1v) is 9.98. The minimum Gasteiger partial charge on any atom is -0.324 e. The molecule has 6 nitrogen and oxygen atoms in total. The molecule has 2 saturated heterocycles. The molecular weight excluding hydrogens is 361 g/mol. The molecule has 0 aliphatic carbocycles. The van der Waals surface area contributed by atoms with E-state index in [1.807, 2.05) is 27.7 Å². The summed E-state index contributed by atoms with van der Waals surface area (Å²) in [6.07, 6.45) is 1.29. The normalized spacial score (nSPS) is 32.3. The number of imide groups is 1. The number of benzene rings is 1. The van der Waals surface area contributed by atoms with E-state index in [1.54, 1.807) is 0 Å². The highest BCUT2D eigenvalue weighted by Crippen LogP contribution is 2.54. The van der Waals surface area contributed by atoms with Crippen LogP contribution in [0.25, 0.3) is 0 Å². The van der Waals surface area contributed by atoms with Gasteiger partial charge in [-0.15, -0.1) is 0 Å². The van der Waals surface area contributed by atoms with Crippen LogP contribution in [0.4, 0.5) is 10.1 Å². The van der Waals surface area contributed by atoms with E-state index >= 15 is 0 Å². The predicted octanol–water partition coefficient (Wildman–Crippen LogP) is 2.39. The van der Waals surface area contributed by atoms with Crippen LogP contribution in [0.3, 0.4) is 0 Å². The molecule has 3 amide bonds. The van der Waals surface area contributed by atoms with E-state index in [0.29, 0.717) is 24.1 Å². The third-order valence-corrected chi connectivity index (χ3v) is 6.47. The van der Waals surface area contributed by atoms with Crippen LogP contribution in [0.5, 0.6) is 0 Å². The maximum Gasteiger partial charge on any atom is 0.250 e. The fourth-order valence-corrected chi connectivity index (χ4v) is 5.12. The van der Waals surface area contributed by atoms with E-state index in [9.17, 15) is 18.8 Å². The van der Waals surface area contributed by atoms with Gasteiger partial charge in [-0.2, -0.15) is 0 Å². The predicted molar refractivity (Wildman–Crippen MR) is 102 cm³/mol. The summed E-state index contributed by atoms with van der Waals surface area (Å²) >= 11 is 0. The zero-order valence-electron chi connectivity index (χ0n) is 16.6. The lowest BCUT2D eigenvalue weighted by Crippen LogP contribution is -2.54. The van der Waals surface area contributed by atoms with E-state index in [-0.39, 0.29) is 35.7 Å². The van der Waals surface area contributed by atoms with Crippen LogP contribution in [-0.2, 0) is 19.9 Å². The first kappa shape index (κ1) is 19.1. The van der Waals surface area contributed by atoms with Crippen molar-refractivity contribution >= 4 is 23.4 Å². The largest absolute Gasteiger partial charge is 0.324 e. The molecule has 2 N–H and O–H groups in total. The molecule has 1 spiro atoms. The van der Waals surface area contributed by atoms with Gasteiger partial charge in [-0.3, -0.25) is 24.6 Å². The molecule has 0 aromatic heterocycles. The minimum atomic E-state index is -1.41. The molecule has 0 radical (unpaired) electrons. The number of nitrogens with zero attached hydrogens (tertiary/aromatic N) is 1. The Hall–Kier alpha value is -2.28. The molecule has 0 saturated carbocycles. The average molecular weight is 387 g/mol. The van der Waals surface area contributed by atoms with Gasteiger partial charge in [0.2, 0.25) is 17.7 Å². The third kappa shape index (κ3) is 2.38. The Morgan fingerprint density at radius 2 is 1.89 bits per heavy atom. The molecule has 3 aliphatic heterocycles. The number of nitrogens with one attached hydrogen (secondary N) is 2. The smallest absolute Gasteiger partial charge is 0.250 e. The van der Waals surface area contributed by atoms with E-state index in [1.165, 1.54) is 23.1 Å². The average Bonchev–Trinajstić information content (AvgIpc) is 3.20. The second-order valence-electron chi connectivity index (χ2n) is 8.64.